The minimum atomic E-state index is -0.517. The monoisotopic (exact) mass is 497 g/mol. The molecule has 0 N–H and O–H groups in total. The predicted molar refractivity (Wildman–Crippen MR) is 113 cm³/mol. The summed E-state index contributed by atoms with van der Waals surface area (Å²) in [6, 6.07) is 3.77. The number of fused-ring (bicyclic) bond motifs is 4. The number of carbonyl (C=O) groups is 1. The molecule has 3 heterocycles. The molecule has 2 aliphatic rings. The summed E-state index contributed by atoms with van der Waals surface area (Å²) in [5.74, 6) is -0.175. The summed E-state index contributed by atoms with van der Waals surface area (Å²) < 4.78 is 22.6. The number of benzene rings is 1. The van der Waals surface area contributed by atoms with Crippen LogP contribution in [0.4, 0.5) is 9.18 Å². The van der Waals surface area contributed by atoms with Gasteiger partial charge in [0.25, 0.3) is 0 Å². The predicted octanol–water partition coefficient (Wildman–Crippen LogP) is 5.23. The molecule has 5 nitrogen and oxygen atoms in total. The van der Waals surface area contributed by atoms with Crippen LogP contribution >= 0.6 is 22.6 Å². The van der Waals surface area contributed by atoms with Gasteiger partial charge in [0.1, 0.15) is 15.1 Å². The van der Waals surface area contributed by atoms with Crippen molar-refractivity contribution in [3.63, 3.8) is 0 Å². The topological polar surface area (TPSA) is 47.4 Å². The maximum Gasteiger partial charge on any atom is 0.411 e. The van der Waals surface area contributed by atoms with Crippen LogP contribution < -0.4 is 0 Å². The number of hydrogen-bond donors (Lipinski definition) is 0. The van der Waals surface area contributed by atoms with E-state index >= 15 is 0 Å². The normalized spacial score (nSPS) is 21.0. The molecule has 0 radical (unpaired) electrons. The van der Waals surface area contributed by atoms with E-state index in [4.69, 9.17) is 9.84 Å². The fourth-order valence-corrected chi connectivity index (χ4v) is 5.39. The Labute approximate surface area is 178 Å². The lowest BCUT2D eigenvalue weighted by Crippen LogP contribution is -2.44. The molecule has 28 heavy (non-hydrogen) atoms. The van der Waals surface area contributed by atoms with E-state index in [1.165, 1.54) is 0 Å². The first-order valence-corrected chi connectivity index (χ1v) is 10.7. The number of carbonyl (C=O) groups excluding carboxylic acids is 1. The molecule has 1 aromatic heterocycles. The van der Waals surface area contributed by atoms with Crippen molar-refractivity contribution in [2.24, 2.45) is 0 Å². The van der Waals surface area contributed by atoms with E-state index in [9.17, 15) is 9.18 Å². The number of aryl methyl sites for hydroxylation is 2. The number of amides is 1. The van der Waals surface area contributed by atoms with Crippen molar-refractivity contribution in [2.45, 2.75) is 71.6 Å². The van der Waals surface area contributed by atoms with E-state index < -0.39 is 5.60 Å². The van der Waals surface area contributed by atoms with Crippen LogP contribution in [-0.2, 0) is 11.2 Å². The quantitative estimate of drug-likeness (QED) is 0.507. The van der Waals surface area contributed by atoms with E-state index in [0.717, 1.165) is 39.9 Å². The summed E-state index contributed by atoms with van der Waals surface area (Å²) in [6.07, 6.45) is 2.36. The number of halogens is 2. The molecule has 0 saturated carbocycles. The lowest BCUT2D eigenvalue weighted by atomic mass is 10.0. The lowest BCUT2D eigenvalue weighted by Gasteiger charge is -2.35. The van der Waals surface area contributed by atoms with E-state index in [2.05, 4.69) is 22.6 Å². The zero-order valence-corrected chi connectivity index (χ0v) is 19.0. The Morgan fingerprint density at radius 3 is 2.50 bits per heavy atom. The van der Waals surface area contributed by atoms with Gasteiger partial charge in [0.2, 0.25) is 0 Å². The Hall–Kier alpha value is -1.64. The van der Waals surface area contributed by atoms with E-state index in [1.807, 2.05) is 42.5 Å². The maximum absolute atomic E-state index is 14.1. The molecule has 150 valence electrons. The molecule has 1 aromatic carbocycles. The highest BCUT2D eigenvalue weighted by Crippen LogP contribution is 2.46. The second-order valence-electron chi connectivity index (χ2n) is 8.80. The summed E-state index contributed by atoms with van der Waals surface area (Å²) >= 11 is 2.30. The first kappa shape index (κ1) is 19.7. The van der Waals surface area contributed by atoms with Crippen LogP contribution in [0.2, 0.25) is 0 Å². The van der Waals surface area contributed by atoms with Crippen molar-refractivity contribution in [1.29, 1.82) is 0 Å². The number of nitrogens with zero attached hydrogens (tertiary/aromatic N) is 3. The Morgan fingerprint density at radius 1 is 1.25 bits per heavy atom. The number of hydrogen-bond acceptors (Lipinski definition) is 3. The zero-order chi connectivity index (χ0) is 20.4. The molecule has 2 aromatic rings. The van der Waals surface area contributed by atoms with Crippen molar-refractivity contribution >= 4 is 28.7 Å². The van der Waals surface area contributed by atoms with Crippen LogP contribution in [0, 0.1) is 23.4 Å². The third-order valence-corrected chi connectivity index (χ3v) is 6.51. The van der Waals surface area contributed by atoms with Crippen molar-refractivity contribution < 1.29 is 13.9 Å². The van der Waals surface area contributed by atoms with Gasteiger partial charge in [-0.3, -0.25) is 4.90 Å². The van der Waals surface area contributed by atoms with E-state index in [-0.39, 0.29) is 24.0 Å². The van der Waals surface area contributed by atoms with Gasteiger partial charge < -0.3 is 4.74 Å². The van der Waals surface area contributed by atoms with Crippen LogP contribution in [0.3, 0.4) is 0 Å². The number of rotatable bonds is 1. The zero-order valence-electron chi connectivity index (χ0n) is 16.8. The summed E-state index contributed by atoms with van der Waals surface area (Å²) in [5, 5.41) is 4.85. The molecule has 0 spiro atoms. The van der Waals surface area contributed by atoms with Gasteiger partial charge >= 0.3 is 6.09 Å². The fraction of sp³-hybridized carbons (Fsp3) is 0.524. The average molecular weight is 497 g/mol. The highest BCUT2D eigenvalue weighted by atomic mass is 127. The van der Waals surface area contributed by atoms with Gasteiger partial charge in [-0.05, 0) is 93.3 Å². The van der Waals surface area contributed by atoms with Crippen molar-refractivity contribution in [1.82, 2.24) is 14.7 Å². The fourth-order valence-electron chi connectivity index (χ4n) is 4.33. The molecular formula is C21H25FIN3O2. The molecule has 1 saturated heterocycles. The molecule has 1 amide bonds. The summed E-state index contributed by atoms with van der Waals surface area (Å²) in [6.45, 7) is 9.22. The summed E-state index contributed by atoms with van der Waals surface area (Å²) in [4.78, 5) is 14.7. The van der Waals surface area contributed by atoms with Gasteiger partial charge in [-0.15, -0.1) is 0 Å². The largest absolute Gasteiger partial charge is 0.444 e. The summed E-state index contributed by atoms with van der Waals surface area (Å²) in [7, 11) is 0. The smallest absolute Gasteiger partial charge is 0.411 e. The van der Waals surface area contributed by atoms with Gasteiger partial charge in [0, 0.05) is 18.0 Å². The van der Waals surface area contributed by atoms with Crippen LogP contribution in [0.15, 0.2) is 12.1 Å². The second-order valence-corrected chi connectivity index (χ2v) is 9.82. The molecule has 0 aliphatic carbocycles. The van der Waals surface area contributed by atoms with Crippen LogP contribution in [0.5, 0.6) is 0 Å². The van der Waals surface area contributed by atoms with Gasteiger partial charge in [-0.25, -0.2) is 13.9 Å². The van der Waals surface area contributed by atoms with Gasteiger partial charge in [-0.2, -0.15) is 5.10 Å². The highest BCUT2D eigenvalue weighted by Gasteiger charge is 2.47. The van der Waals surface area contributed by atoms with Gasteiger partial charge in [-0.1, -0.05) is 0 Å². The standard InChI is InChI=1S/C21H25FIN3O2/c1-11-8-14(9-12(2)18(11)22)26-19(23)17-15(24-26)10-13-6-7-16(17)25(13)20(27)28-21(3,4)5/h8-9,13,16H,6-7,10H2,1-5H3. The van der Waals surface area contributed by atoms with E-state index in [1.54, 1.807) is 13.8 Å². The van der Waals surface area contributed by atoms with Crippen molar-refractivity contribution in [2.75, 3.05) is 0 Å². The Balaban J connectivity index is 1.74. The maximum atomic E-state index is 14.1. The number of aromatic nitrogens is 2. The van der Waals surface area contributed by atoms with Crippen LogP contribution in [-0.4, -0.2) is 32.4 Å². The SMILES string of the molecule is Cc1cc(-n2nc3c(c2I)C2CCC(C3)N2C(=O)OC(C)(C)C)cc(C)c1F. The molecule has 2 bridgehead atoms. The third-order valence-electron chi connectivity index (χ3n) is 5.47. The molecule has 2 atom stereocenters. The van der Waals surface area contributed by atoms with Gasteiger partial charge in [0.15, 0.2) is 0 Å². The first-order chi connectivity index (χ1) is 13.1. The minimum absolute atomic E-state index is 0.00751. The van der Waals surface area contributed by atoms with E-state index in [0.29, 0.717) is 11.1 Å². The van der Waals surface area contributed by atoms with Gasteiger partial charge in [0.05, 0.1) is 17.4 Å². The molecule has 2 unspecified atom stereocenters. The molecular weight excluding hydrogens is 472 g/mol. The van der Waals surface area contributed by atoms with Crippen molar-refractivity contribution in [3.8, 4) is 5.69 Å². The Morgan fingerprint density at radius 2 is 1.89 bits per heavy atom. The summed E-state index contributed by atoms with van der Waals surface area (Å²) in [5.41, 5.74) is 3.70. The highest BCUT2D eigenvalue weighted by molar-refractivity contribution is 14.1. The Kier molecular flexibility index (Phi) is 4.71. The first-order valence-electron chi connectivity index (χ1n) is 9.62. The number of ether oxygens (including phenoxy) is 1. The molecule has 2 aliphatic heterocycles. The van der Waals surface area contributed by atoms with Crippen LogP contribution in [0.1, 0.15) is 62.0 Å². The second kappa shape index (κ2) is 6.71. The van der Waals surface area contributed by atoms with Crippen molar-refractivity contribution in [3.05, 3.63) is 44.0 Å². The minimum Gasteiger partial charge on any atom is -0.444 e. The van der Waals surface area contributed by atoms with Crippen LogP contribution in [0.25, 0.3) is 5.69 Å². The molecule has 4 rings (SSSR count). The molecule has 1 fully saturated rings. The third kappa shape index (κ3) is 3.21. The molecule has 7 heteroatoms. The lowest BCUT2D eigenvalue weighted by molar-refractivity contribution is 0.0123. The Bertz CT molecular complexity index is 940. The average Bonchev–Trinajstić information content (AvgIpc) is 3.07.